The number of nitrogens with zero attached hydrogens (tertiary/aromatic N) is 3. The highest BCUT2D eigenvalue weighted by molar-refractivity contribution is 7.89. The molecular weight excluding hydrogens is 333 g/mol. The molecule has 1 saturated heterocycles. The van der Waals surface area contributed by atoms with E-state index < -0.39 is 10.0 Å². The molecule has 24 heavy (non-hydrogen) atoms. The summed E-state index contributed by atoms with van der Waals surface area (Å²) in [5, 5.41) is 3.97. The van der Waals surface area contributed by atoms with E-state index in [4.69, 9.17) is 4.74 Å². The molecule has 0 atom stereocenters. The Morgan fingerprint density at radius 3 is 2.54 bits per heavy atom. The van der Waals surface area contributed by atoms with E-state index in [-0.39, 0.29) is 23.3 Å². The van der Waals surface area contributed by atoms with E-state index in [2.05, 4.69) is 5.10 Å². The third-order valence-electron chi connectivity index (χ3n) is 4.14. The van der Waals surface area contributed by atoms with E-state index in [0.717, 1.165) is 5.56 Å². The number of hydrogen-bond donors (Lipinski definition) is 0. The molecule has 1 aliphatic rings. The molecule has 0 unspecified atom stereocenters. The lowest BCUT2D eigenvalue weighted by Crippen LogP contribution is -2.42. The van der Waals surface area contributed by atoms with Gasteiger partial charge in [-0.3, -0.25) is 4.68 Å². The van der Waals surface area contributed by atoms with Crippen LogP contribution in [0.25, 0.3) is 0 Å². The lowest BCUT2D eigenvalue weighted by molar-refractivity contribution is 0.0569. The van der Waals surface area contributed by atoms with Gasteiger partial charge >= 0.3 is 0 Å². The molecule has 1 aromatic heterocycles. The first kappa shape index (κ1) is 17.1. The van der Waals surface area contributed by atoms with Crippen LogP contribution in [0.1, 0.15) is 18.4 Å². The van der Waals surface area contributed by atoms with Gasteiger partial charge in [0.1, 0.15) is 10.7 Å². The molecule has 0 saturated carbocycles. The molecule has 130 valence electrons. The first-order chi connectivity index (χ1) is 11.5. The summed E-state index contributed by atoms with van der Waals surface area (Å²) < 4.78 is 47.6. The van der Waals surface area contributed by atoms with Gasteiger partial charge in [0.15, 0.2) is 0 Å². The maximum atomic E-state index is 13.1. The summed E-state index contributed by atoms with van der Waals surface area (Å²) in [6.07, 6.45) is 4.13. The summed E-state index contributed by atoms with van der Waals surface area (Å²) in [5.74, 6) is -0.341. The standard InChI is InChI=1S/C16H20FN3O3S/c1-19-12-16(10-18-19)24(21,22)20(15-6-8-23-9-7-15)11-13-2-4-14(17)5-3-13/h2-5,10,12,15H,6-9,11H2,1H3. The minimum absolute atomic E-state index is 0.144. The average molecular weight is 353 g/mol. The predicted molar refractivity (Wildman–Crippen MR) is 86.2 cm³/mol. The summed E-state index contributed by atoms with van der Waals surface area (Å²) >= 11 is 0. The van der Waals surface area contributed by atoms with Crippen molar-refractivity contribution in [3.05, 3.63) is 48.0 Å². The van der Waals surface area contributed by atoms with Gasteiger partial charge in [0.25, 0.3) is 0 Å². The van der Waals surface area contributed by atoms with Crippen molar-refractivity contribution in [1.82, 2.24) is 14.1 Å². The van der Waals surface area contributed by atoms with Crippen molar-refractivity contribution in [2.24, 2.45) is 7.05 Å². The summed E-state index contributed by atoms with van der Waals surface area (Å²) in [7, 11) is -2.01. The number of sulfonamides is 1. The minimum atomic E-state index is -3.69. The second-order valence-corrected chi connectivity index (χ2v) is 7.76. The fourth-order valence-electron chi connectivity index (χ4n) is 2.82. The maximum absolute atomic E-state index is 13.1. The summed E-state index contributed by atoms with van der Waals surface area (Å²) in [6, 6.07) is 5.76. The predicted octanol–water partition coefficient (Wildman–Crippen LogP) is 1.93. The number of rotatable bonds is 5. The van der Waals surface area contributed by atoms with Gasteiger partial charge in [-0.25, -0.2) is 12.8 Å². The van der Waals surface area contributed by atoms with Crippen LogP contribution >= 0.6 is 0 Å². The molecule has 0 N–H and O–H groups in total. The van der Waals surface area contributed by atoms with Crippen molar-refractivity contribution < 1.29 is 17.5 Å². The van der Waals surface area contributed by atoms with Crippen molar-refractivity contribution in [1.29, 1.82) is 0 Å². The lowest BCUT2D eigenvalue weighted by atomic mass is 10.1. The molecule has 1 aromatic carbocycles. The highest BCUT2D eigenvalue weighted by Crippen LogP contribution is 2.25. The van der Waals surface area contributed by atoms with Crippen LogP contribution in [-0.4, -0.2) is 41.8 Å². The second-order valence-electron chi connectivity index (χ2n) is 5.87. The van der Waals surface area contributed by atoms with Gasteiger partial charge in [0.05, 0.1) is 6.20 Å². The van der Waals surface area contributed by atoms with Crippen molar-refractivity contribution >= 4 is 10.0 Å². The third kappa shape index (κ3) is 3.66. The average Bonchev–Trinajstić information content (AvgIpc) is 3.02. The first-order valence-electron chi connectivity index (χ1n) is 7.79. The molecule has 3 rings (SSSR count). The highest BCUT2D eigenvalue weighted by Gasteiger charge is 2.33. The number of benzene rings is 1. The molecular formula is C16H20FN3O3S. The van der Waals surface area contributed by atoms with Gasteiger partial charge in [-0.15, -0.1) is 0 Å². The van der Waals surface area contributed by atoms with E-state index in [1.807, 2.05) is 0 Å². The van der Waals surface area contributed by atoms with Crippen LogP contribution < -0.4 is 0 Å². The van der Waals surface area contributed by atoms with Crippen LogP contribution in [0.5, 0.6) is 0 Å². The molecule has 0 aliphatic carbocycles. The monoisotopic (exact) mass is 353 g/mol. The van der Waals surface area contributed by atoms with Gasteiger partial charge in [0.2, 0.25) is 10.0 Å². The van der Waals surface area contributed by atoms with E-state index in [1.165, 1.54) is 33.5 Å². The van der Waals surface area contributed by atoms with Gasteiger partial charge in [0, 0.05) is 39.0 Å². The van der Waals surface area contributed by atoms with Crippen molar-refractivity contribution in [2.45, 2.75) is 30.3 Å². The molecule has 6 nitrogen and oxygen atoms in total. The zero-order valence-electron chi connectivity index (χ0n) is 13.4. The van der Waals surface area contributed by atoms with Gasteiger partial charge in [-0.05, 0) is 30.5 Å². The largest absolute Gasteiger partial charge is 0.381 e. The van der Waals surface area contributed by atoms with Gasteiger partial charge in [-0.1, -0.05) is 12.1 Å². The van der Waals surface area contributed by atoms with Crippen LogP contribution in [0.3, 0.4) is 0 Å². The minimum Gasteiger partial charge on any atom is -0.381 e. The number of hydrogen-bond acceptors (Lipinski definition) is 4. The van der Waals surface area contributed by atoms with Crippen LogP contribution in [-0.2, 0) is 28.4 Å². The lowest BCUT2D eigenvalue weighted by Gasteiger charge is -2.33. The topological polar surface area (TPSA) is 64.4 Å². The van der Waals surface area contributed by atoms with Gasteiger partial charge in [-0.2, -0.15) is 9.40 Å². The molecule has 2 aromatic rings. The zero-order valence-corrected chi connectivity index (χ0v) is 14.2. The Balaban J connectivity index is 1.93. The normalized spacial score (nSPS) is 16.6. The molecule has 1 aliphatic heterocycles. The highest BCUT2D eigenvalue weighted by atomic mass is 32.2. The van der Waals surface area contributed by atoms with Gasteiger partial charge < -0.3 is 4.74 Å². The Morgan fingerprint density at radius 2 is 1.96 bits per heavy atom. The fourth-order valence-corrected chi connectivity index (χ4v) is 4.48. The van der Waals surface area contributed by atoms with Crippen LogP contribution in [0.4, 0.5) is 4.39 Å². The van der Waals surface area contributed by atoms with E-state index in [0.29, 0.717) is 26.1 Å². The number of halogens is 1. The van der Waals surface area contributed by atoms with Crippen molar-refractivity contribution in [2.75, 3.05) is 13.2 Å². The maximum Gasteiger partial charge on any atom is 0.246 e. The van der Waals surface area contributed by atoms with Crippen LogP contribution in [0.2, 0.25) is 0 Å². The van der Waals surface area contributed by atoms with E-state index in [1.54, 1.807) is 19.2 Å². The third-order valence-corrected chi connectivity index (χ3v) is 5.99. The molecule has 1 fully saturated rings. The fraction of sp³-hybridized carbons (Fsp3) is 0.438. The molecule has 0 spiro atoms. The Hall–Kier alpha value is -1.77. The Morgan fingerprint density at radius 1 is 1.29 bits per heavy atom. The summed E-state index contributed by atoms with van der Waals surface area (Å²) in [5.41, 5.74) is 0.746. The molecule has 0 amide bonds. The van der Waals surface area contributed by atoms with E-state index >= 15 is 0 Å². The smallest absolute Gasteiger partial charge is 0.246 e. The van der Waals surface area contributed by atoms with Crippen LogP contribution in [0.15, 0.2) is 41.6 Å². The van der Waals surface area contributed by atoms with Crippen LogP contribution in [0, 0.1) is 5.82 Å². The second kappa shape index (κ2) is 7.00. The number of aromatic nitrogens is 2. The Labute approximate surface area is 140 Å². The Kier molecular flexibility index (Phi) is 4.98. The zero-order chi connectivity index (χ0) is 17.2. The van der Waals surface area contributed by atoms with Crippen molar-refractivity contribution in [3.63, 3.8) is 0 Å². The SMILES string of the molecule is Cn1cc(S(=O)(=O)N(Cc2ccc(F)cc2)C2CCOCC2)cn1. The van der Waals surface area contributed by atoms with E-state index in [9.17, 15) is 12.8 Å². The molecule has 2 heterocycles. The quantitative estimate of drug-likeness (QED) is 0.824. The number of ether oxygens (including phenoxy) is 1. The number of aryl methyl sites for hydroxylation is 1. The molecule has 0 bridgehead atoms. The molecule has 0 radical (unpaired) electrons. The summed E-state index contributed by atoms with van der Waals surface area (Å²) in [6.45, 7) is 1.27. The molecule has 8 heteroatoms. The Bertz CT molecular complexity index is 783. The first-order valence-corrected chi connectivity index (χ1v) is 9.23. The summed E-state index contributed by atoms with van der Waals surface area (Å²) in [4.78, 5) is 0.165. The van der Waals surface area contributed by atoms with Crippen molar-refractivity contribution in [3.8, 4) is 0 Å².